The van der Waals surface area contributed by atoms with Crippen molar-refractivity contribution < 1.29 is 8.42 Å². The summed E-state index contributed by atoms with van der Waals surface area (Å²) in [5.74, 6) is 0.362. The van der Waals surface area contributed by atoms with Crippen LogP contribution in [0.15, 0.2) is 29.1 Å². The zero-order valence-electron chi connectivity index (χ0n) is 16.7. The summed E-state index contributed by atoms with van der Waals surface area (Å²) in [6.07, 6.45) is 0.599. The van der Waals surface area contributed by atoms with Crippen molar-refractivity contribution in [2.24, 2.45) is 0 Å². The van der Waals surface area contributed by atoms with Crippen molar-refractivity contribution in [3.05, 3.63) is 51.6 Å². The fraction of sp³-hybridized carbons (Fsp3) is 0.474. The van der Waals surface area contributed by atoms with E-state index in [1.54, 1.807) is 12.1 Å². The molecule has 0 spiro atoms. The molecule has 0 amide bonds. The quantitative estimate of drug-likeness (QED) is 0.612. The standard InChI is InChI=1S/C19H24N6O3S/c1-13-17(14(2)25(21-13)15-8-9-29(27,28)11-15)10-23(3)12-24-19(26)16-6-4-5-7-18(16)20-22-24/h4-7,15H,8-12H2,1-3H3/t15-/m0/s1. The minimum absolute atomic E-state index is 0.105. The molecule has 3 aromatic rings. The largest absolute Gasteiger partial charge is 0.283 e. The van der Waals surface area contributed by atoms with Crippen LogP contribution in [0.3, 0.4) is 0 Å². The van der Waals surface area contributed by atoms with Gasteiger partial charge in [0, 0.05) is 17.8 Å². The topological polar surface area (TPSA) is 103 Å². The highest BCUT2D eigenvalue weighted by molar-refractivity contribution is 7.91. The fourth-order valence-electron chi connectivity index (χ4n) is 3.91. The zero-order chi connectivity index (χ0) is 20.8. The summed E-state index contributed by atoms with van der Waals surface area (Å²) in [7, 11) is -1.07. The molecule has 1 atom stereocenters. The van der Waals surface area contributed by atoms with Crippen LogP contribution in [0, 0.1) is 13.8 Å². The number of aromatic nitrogens is 5. The van der Waals surface area contributed by atoms with Crippen LogP contribution in [0.2, 0.25) is 0 Å². The van der Waals surface area contributed by atoms with Gasteiger partial charge in [-0.1, -0.05) is 17.3 Å². The lowest BCUT2D eigenvalue weighted by molar-refractivity contribution is 0.235. The number of nitrogens with zero attached hydrogens (tertiary/aromatic N) is 6. The molecule has 10 heteroatoms. The molecule has 3 heterocycles. The van der Waals surface area contributed by atoms with Crippen LogP contribution in [-0.2, 0) is 23.1 Å². The van der Waals surface area contributed by atoms with Gasteiger partial charge in [0.15, 0.2) is 9.84 Å². The number of benzene rings is 1. The van der Waals surface area contributed by atoms with Gasteiger partial charge in [0.05, 0.1) is 35.3 Å². The second-order valence-electron chi connectivity index (χ2n) is 7.72. The molecule has 29 heavy (non-hydrogen) atoms. The average Bonchev–Trinajstić information content (AvgIpc) is 3.17. The first kappa shape index (κ1) is 19.7. The van der Waals surface area contributed by atoms with Crippen LogP contribution in [0.5, 0.6) is 0 Å². The average molecular weight is 417 g/mol. The molecule has 0 radical (unpaired) electrons. The summed E-state index contributed by atoms with van der Waals surface area (Å²) >= 11 is 0. The summed E-state index contributed by atoms with van der Waals surface area (Å²) in [6, 6.07) is 7.04. The number of fused-ring (bicyclic) bond motifs is 1. The highest BCUT2D eigenvalue weighted by Crippen LogP contribution is 2.27. The molecule has 0 saturated carbocycles. The van der Waals surface area contributed by atoms with E-state index in [2.05, 4.69) is 15.4 Å². The maximum absolute atomic E-state index is 12.6. The lowest BCUT2D eigenvalue weighted by Crippen LogP contribution is -2.32. The van der Waals surface area contributed by atoms with Gasteiger partial charge in [-0.15, -0.1) is 5.10 Å². The third-order valence-corrected chi connectivity index (χ3v) is 7.21. The van der Waals surface area contributed by atoms with Gasteiger partial charge in [-0.05, 0) is 39.4 Å². The van der Waals surface area contributed by atoms with Crippen LogP contribution in [-0.4, -0.2) is 56.6 Å². The molecule has 1 fully saturated rings. The number of hydrogen-bond acceptors (Lipinski definition) is 7. The zero-order valence-corrected chi connectivity index (χ0v) is 17.6. The van der Waals surface area contributed by atoms with E-state index in [1.165, 1.54) is 4.68 Å². The summed E-state index contributed by atoms with van der Waals surface area (Å²) in [4.78, 5) is 14.6. The first-order valence-electron chi connectivity index (χ1n) is 9.51. The molecule has 0 unspecified atom stereocenters. The van der Waals surface area contributed by atoms with Crippen molar-refractivity contribution >= 4 is 20.7 Å². The first-order chi connectivity index (χ1) is 13.7. The number of hydrogen-bond donors (Lipinski definition) is 0. The van der Waals surface area contributed by atoms with Gasteiger partial charge >= 0.3 is 0 Å². The third-order valence-electron chi connectivity index (χ3n) is 5.46. The Morgan fingerprint density at radius 3 is 2.72 bits per heavy atom. The molecule has 1 aliphatic rings. The lowest BCUT2D eigenvalue weighted by atomic mass is 10.2. The molecule has 1 aliphatic heterocycles. The Labute approximate surface area is 168 Å². The Morgan fingerprint density at radius 2 is 2.00 bits per heavy atom. The molecule has 0 aliphatic carbocycles. The first-order valence-corrected chi connectivity index (χ1v) is 11.3. The van der Waals surface area contributed by atoms with E-state index in [4.69, 9.17) is 0 Å². The molecular formula is C19H24N6O3S. The number of sulfone groups is 1. The predicted molar refractivity (Wildman–Crippen MR) is 109 cm³/mol. The second kappa shape index (κ2) is 7.34. The van der Waals surface area contributed by atoms with Crippen LogP contribution in [0.25, 0.3) is 10.9 Å². The molecule has 1 aromatic carbocycles. The number of aryl methyl sites for hydroxylation is 1. The van der Waals surface area contributed by atoms with Crippen molar-refractivity contribution in [1.82, 2.24) is 29.7 Å². The van der Waals surface area contributed by atoms with Crippen molar-refractivity contribution in [3.63, 3.8) is 0 Å². The van der Waals surface area contributed by atoms with E-state index < -0.39 is 9.84 Å². The maximum Gasteiger partial charge on any atom is 0.278 e. The summed E-state index contributed by atoms with van der Waals surface area (Å²) < 4.78 is 26.9. The van der Waals surface area contributed by atoms with Gasteiger partial charge in [-0.3, -0.25) is 14.4 Å². The van der Waals surface area contributed by atoms with Crippen molar-refractivity contribution in [3.8, 4) is 0 Å². The van der Waals surface area contributed by atoms with Gasteiger partial charge in [-0.2, -0.15) is 9.78 Å². The van der Waals surface area contributed by atoms with Crippen LogP contribution >= 0.6 is 0 Å². The Balaban J connectivity index is 1.54. The smallest absolute Gasteiger partial charge is 0.278 e. The Hall–Kier alpha value is -2.59. The molecule has 0 bridgehead atoms. The third kappa shape index (κ3) is 3.82. The molecular weight excluding hydrogens is 392 g/mol. The highest BCUT2D eigenvalue weighted by atomic mass is 32.2. The summed E-state index contributed by atoms with van der Waals surface area (Å²) in [6.45, 7) is 4.75. The molecule has 0 N–H and O–H groups in total. The minimum atomic E-state index is -2.97. The van der Waals surface area contributed by atoms with Crippen LogP contribution in [0.4, 0.5) is 0 Å². The van der Waals surface area contributed by atoms with E-state index in [1.807, 2.05) is 42.6 Å². The monoisotopic (exact) mass is 416 g/mol. The van der Waals surface area contributed by atoms with Gasteiger partial charge < -0.3 is 0 Å². The van der Waals surface area contributed by atoms with E-state index in [-0.39, 0.29) is 23.1 Å². The van der Waals surface area contributed by atoms with Crippen LogP contribution < -0.4 is 5.56 Å². The van der Waals surface area contributed by atoms with E-state index >= 15 is 0 Å². The van der Waals surface area contributed by atoms with Gasteiger partial charge in [-0.25, -0.2) is 8.42 Å². The highest BCUT2D eigenvalue weighted by Gasteiger charge is 2.31. The Bertz CT molecular complexity index is 1230. The van der Waals surface area contributed by atoms with Gasteiger partial charge in [0.1, 0.15) is 5.52 Å². The predicted octanol–water partition coefficient (Wildman–Crippen LogP) is 1.05. The summed E-state index contributed by atoms with van der Waals surface area (Å²) in [5, 5.41) is 13.3. The molecule has 1 saturated heterocycles. The minimum Gasteiger partial charge on any atom is -0.283 e. The molecule has 9 nitrogen and oxygen atoms in total. The fourth-order valence-corrected chi connectivity index (χ4v) is 5.61. The second-order valence-corrected chi connectivity index (χ2v) is 9.95. The molecule has 2 aromatic heterocycles. The van der Waals surface area contributed by atoms with E-state index in [9.17, 15) is 13.2 Å². The Morgan fingerprint density at radius 1 is 1.24 bits per heavy atom. The SMILES string of the molecule is Cc1nn([C@H]2CCS(=O)(=O)C2)c(C)c1CN(C)Cn1nnc2ccccc2c1=O. The summed E-state index contributed by atoms with van der Waals surface area (Å²) in [5.41, 5.74) is 3.28. The molecule has 4 rings (SSSR count). The van der Waals surface area contributed by atoms with Crippen molar-refractivity contribution in [2.45, 2.75) is 39.5 Å². The lowest BCUT2D eigenvalue weighted by Gasteiger charge is -2.18. The van der Waals surface area contributed by atoms with Crippen LogP contribution in [0.1, 0.15) is 29.4 Å². The normalized spacial score (nSPS) is 18.7. The maximum atomic E-state index is 12.6. The van der Waals surface area contributed by atoms with Gasteiger partial charge in [0.25, 0.3) is 5.56 Å². The van der Waals surface area contributed by atoms with Crippen molar-refractivity contribution in [1.29, 1.82) is 0 Å². The Kier molecular flexibility index (Phi) is 4.99. The van der Waals surface area contributed by atoms with E-state index in [0.717, 1.165) is 17.0 Å². The van der Waals surface area contributed by atoms with Crippen molar-refractivity contribution in [2.75, 3.05) is 18.6 Å². The van der Waals surface area contributed by atoms with Gasteiger partial charge in [0.2, 0.25) is 0 Å². The molecule has 154 valence electrons. The van der Waals surface area contributed by atoms with E-state index in [0.29, 0.717) is 30.5 Å². The number of rotatable bonds is 5.